The molecule has 3 aliphatic rings. The maximum absolute atomic E-state index is 12.8. The highest BCUT2D eigenvalue weighted by Gasteiger charge is 2.32. The van der Waals surface area contributed by atoms with Gasteiger partial charge < -0.3 is 15.1 Å². The maximum atomic E-state index is 12.8. The molecule has 0 saturated carbocycles. The smallest absolute Gasteiger partial charge is 0.280 e. The lowest BCUT2D eigenvalue weighted by molar-refractivity contribution is -0.897. The Labute approximate surface area is 176 Å². The van der Waals surface area contributed by atoms with Crippen LogP contribution in [-0.2, 0) is 22.4 Å². The highest BCUT2D eigenvalue weighted by atomic mass is 32.1. The molecule has 4 rings (SSSR count). The maximum Gasteiger partial charge on any atom is 0.280 e. The monoisotopic (exact) mass is 415 g/mol. The molecule has 2 aliphatic heterocycles. The Hall–Kier alpha value is -1.91. The Morgan fingerprint density at radius 1 is 1.10 bits per heavy atom. The van der Waals surface area contributed by atoms with Crippen molar-refractivity contribution in [3.63, 3.8) is 0 Å². The number of hydrogen-bond acceptors (Lipinski definition) is 4. The summed E-state index contributed by atoms with van der Waals surface area (Å²) >= 11 is 1.57. The van der Waals surface area contributed by atoms with Gasteiger partial charge in [0, 0.05) is 36.7 Å². The number of anilines is 1. The van der Waals surface area contributed by atoms with E-state index in [9.17, 15) is 14.9 Å². The third kappa shape index (κ3) is 4.65. The summed E-state index contributed by atoms with van der Waals surface area (Å²) in [6, 6.07) is 2.29. The number of quaternary nitrogens is 1. The second-order valence-electron chi connectivity index (χ2n) is 8.66. The first kappa shape index (κ1) is 20.4. The van der Waals surface area contributed by atoms with Gasteiger partial charge in [0.05, 0.1) is 18.7 Å². The van der Waals surface area contributed by atoms with Gasteiger partial charge in [-0.3, -0.25) is 9.59 Å². The van der Waals surface area contributed by atoms with Crippen LogP contribution in [0.2, 0.25) is 0 Å². The first-order valence-electron chi connectivity index (χ1n) is 11.1. The second-order valence-corrected chi connectivity index (χ2v) is 9.77. The number of hydrogen-bond donors (Lipinski definition) is 2. The molecule has 156 valence electrons. The van der Waals surface area contributed by atoms with E-state index < -0.39 is 0 Å². The molecule has 1 aliphatic carbocycles. The molecule has 0 spiro atoms. The van der Waals surface area contributed by atoms with Crippen LogP contribution >= 0.6 is 11.3 Å². The van der Waals surface area contributed by atoms with Crippen molar-refractivity contribution < 1.29 is 14.5 Å². The number of amides is 2. The van der Waals surface area contributed by atoms with Crippen LogP contribution in [0, 0.1) is 17.2 Å². The largest absolute Gasteiger partial charge is 0.342 e. The highest BCUT2D eigenvalue weighted by Crippen LogP contribution is 2.38. The summed E-state index contributed by atoms with van der Waals surface area (Å²) in [7, 11) is 0. The van der Waals surface area contributed by atoms with E-state index in [1.165, 1.54) is 22.6 Å². The summed E-state index contributed by atoms with van der Waals surface area (Å²) in [6.45, 7) is 3.98. The molecule has 6 nitrogen and oxygen atoms in total. The average Bonchev–Trinajstić information content (AvgIpc) is 3.17. The molecule has 2 saturated heterocycles. The van der Waals surface area contributed by atoms with E-state index in [-0.39, 0.29) is 11.8 Å². The molecule has 1 aromatic rings. The zero-order valence-corrected chi connectivity index (χ0v) is 17.9. The Morgan fingerprint density at radius 3 is 2.52 bits per heavy atom. The summed E-state index contributed by atoms with van der Waals surface area (Å²) in [4.78, 5) is 30.0. The van der Waals surface area contributed by atoms with Crippen LogP contribution in [0.5, 0.6) is 0 Å². The number of thiophene rings is 1. The van der Waals surface area contributed by atoms with Crippen LogP contribution in [-0.4, -0.2) is 49.4 Å². The minimum atomic E-state index is -0.0197. The van der Waals surface area contributed by atoms with Gasteiger partial charge >= 0.3 is 0 Å². The van der Waals surface area contributed by atoms with Crippen LogP contribution < -0.4 is 10.2 Å². The van der Waals surface area contributed by atoms with Crippen LogP contribution in [0.25, 0.3) is 0 Å². The molecule has 1 aromatic heterocycles. The lowest BCUT2D eigenvalue weighted by Gasteiger charge is -2.31. The van der Waals surface area contributed by atoms with Crippen molar-refractivity contribution in [2.24, 2.45) is 5.92 Å². The normalized spacial score (nSPS) is 24.4. The quantitative estimate of drug-likeness (QED) is 0.786. The van der Waals surface area contributed by atoms with Gasteiger partial charge in [-0.25, -0.2) is 0 Å². The molecular formula is C22H31N4O2S+. The number of carbonyl (C=O) groups excluding carboxylic acids is 2. The lowest BCUT2D eigenvalue weighted by Crippen LogP contribution is -3.14. The average molecular weight is 416 g/mol. The third-order valence-electron chi connectivity index (χ3n) is 6.66. The van der Waals surface area contributed by atoms with Crippen LogP contribution in [0.15, 0.2) is 0 Å². The fourth-order valence-corrected chi connectivity index (χ4v) is 6.26. The topological polar surface area (TPSA) is 77.6 Å². The van der Waals surface area contributed by atoms with Crippen molar-refractivity contribution in [3.8, 4) is 6.07 Å². The van der Waals surface area contributed by atoms with E-state index >= 15 is 0 Å². The number of likely N-dealkylation sites (tertiary alicyclic amines) is 2. The molecule has 29 heavy (non-hydrogen) atoms. The van der Waals surface area contributed by atoms with Crippen molar-refractivity contribution in [1.29, 1.82) is 5.26 Å². The zero-order chi connectivity index (χ0) is 20.2. The number of nitrogens with one attached hydrogen (secondary N) is 2. The van der Waals surface area contributed by atoms with Gasteiger partial charge in [0.15, 0.2) is 6.54 Å². The van der Waals surface area contributed by atoms with Gasteiger partial charge in [0.2, 0.25) is 5.91 Å². The SMILES string of the molecule is N#Cc1c(NC(=O)C[NH+]2CCC(C(=O)N3CCCCCC3)CC2)sc2c1CCC2. The van der Waals surface area contributed by atoms with E-state index in [4.69, 9.17) is 0 Å². The predicted octanol–water partition coefficient (Wildman–Crippen LogP) is 1.74. The zero-order valence-electron chi connectivity index (χ0n) is 17.1. The summed E-state index contributed by atoms with van der Waals surface area (Å²) in [5.41, 5.74) is 1.82. The van der Waals surface area contributed by atoms with Crippen LogP contribution in [0.3, 0.4) is 0 Å². The molecule has 0 bridgehead atoms. The summed E-state index contributed by atoms with van der Waals surface area (Å²) in [6.07, 6.45) is 9.57. The van der Waals surface area contributed by atoms with Gasteiger partial charge in [-0.1, -0.05) is 12.8 Å². The number of nitriles is 1. The van der Waals surface area contributed by atoms with Gasteiger partial charge in [-0.05, 0) is 37.7 Å². The Kier molecular flexibility index (Phi) is 6.51. The third-order valence-corrected chi connectivity index (χ3v) is 7.86. The first-order chi connectivity index (χ1) is 14.2. The molecule has 0 atom stereocenters. The van der Waals surface area contributed by atoms with E-state index in [1.807, 2.05) is 0 Å². The number of nitrogens with zero attached hydrogens (tertiary/aromatic N) is 2. The van der Waals surface area contributed by atoms with Crippen molar-refractivity contribution in [3.05, 3.63) is 16.0 Å². The minimum absolute atomic E-state index is 0.0197. The molecule has 0 unspecified atom stereocenters. The lowest BCUT2D eigenvalue weighted by atomic mass is 9.95. The van der Waals surface area contributed by atoms with E-state index in [2.05, 4.69) is 16.3 Å². The summed E-state index contributed by atoms with van der Waals surface area (Å²) in [5.74, 6) is 0.446. The second kappa shape index (κ2) is 9.27. The summed E-state index contributed by atoms with van der Waals surface area (Å²) < 4.78 is 0. The van der Waals surface area contributed by atoms with Crippen molar-refractivity contribution in [1.82, 2.24) is 4.90 Å². The van der Waals surface area contributed by atoms with E-state index in [0.29, 0.717) is 18.0 Å². The fourth-order valence-electron chi connectivity index (χ4n) is 5.01. The van der Waals surface area contributed by atoms with Crippen molar-refractivity contribution in [2.45, 2.75) is 57.8 Å². The Balaban J connectivity index is 1.26. The van der Waals surface area contributed by atoms with Gasteiger partial charge in [0.1, 0.15) is 11.1 Å². The van der Waals surface area contributed by atoms with Crippen molar-refractivity contribution >= 4 is 28.2 Å². The predicted molar refractivity (Wildman–Crippen MR) is 113 cm³/mol. The molecule has 3 heterocycles. The highest BCUT2D eigenvalue weighted by molar-refractivity contribution is 7.16. The molecule has 0 radical (unpaired) electrons. The molecule has 7 heteroatoms. The molecule has 2 fully saturated rings. The Morgan fingerprint density at radius 2 is 1.83 bits per heavy atom. The minimum Gasteiger partial charge on any atom is -0.342 e. The number of piperidine rings is 1. The van der Waals surface area contributed by atoms with Gasteiger partial charge in [-0.2, -0.15) is 5.26 Å². The van der Waals surface area contributed by atoms with E-state index in [1.54, 1.807) is 11.3 Å². The summed E-state index contributed by atoms with van der Waals surface area (Å²) in [5, 5.41) is 13.2. The van der Waals surface area contributed by atoms with Gasteiger partial charge in [0.25, 0.3) is 5.91 Å². The number of fused-ring (bicyclic) bond motifs is 1. The van der Waals surface area contributed by atoms with Gasteiger partial charge in [-0.15, -0.1) is 11.3 Å². The molecule has 2 N–H and O–H groups in total. The molecule has 2 amide bonds. The first-order valence-corrected chi connectivity index (χ1v) is 11.9. The molecule has 0 aromatic carbocycles. The van der Waals surface area contributed by atoms with E-state index in [0.717, 1.165) is 81.7 Å². The van der Waals surface area contributed by atoms with Crippen molar-refractivity contribution in [2.75, 3.05) is 38.0 Å². The van der Waals surface area contributed by atoms with Crippen LogP contribution in [0.1, 0.15) is 60.9 Å². The van der Waals surface area contributed by atoms with Crippen LogP contribution in [0.4, 0.5) is 5.00 Å². The number of carbonyl (C=O) groups is 2. The fraction of sp³-hybridized carbons (Fsp3) is 0.682. The standard InChI is InChI=1S/C22H30N4O2S/c23-14-18-17-6-5-7-19(17)29-21(18)24-20(27)15-25-12-8-16(9-13-25)22(28)26-10-3-1-2-4-11-26/h16H,1-13,15H2,(H,24,27)/p+1. The Bertz CT molecular complexity index is 796. The molecular weight excluding hydrogens is 384 g/mol. The number of rotatable bonds is 4. The number of aryl methyl sites for hydroxylation is 1.